The molecule has 1 aromatic rings. The van der Waals surface area contributed by atoms with Crippen LogP contribution in [0, 0.1) is 12.3 Å². The standard InChI is InChI=1S/C14H19N3O.2ClH/c1-11-3-2-4-12(16-11)13(18)17-8-6-14(10-17)5-7-15-9-14;;/h2-4,15H,5-10H2,1H3;2*1H. The van der Waals surface area contributed by atoms with E-state index in [1.807, 2.05) is 30.0 Å². The summed E-state index contributed by atoms with van der Waals surface area (Å²) in [6.45, 7) is 5.82. The minimum Gasteiger partial charge on any atom is -0.337 e. The van der Waals surface area contributed by atoms with E-state index in [9.17, 15) is 4.79 Å². The highest BCUT2D eigenvalue weighted by atomic mass is 35.5. The molecule has 2 aliphatic rings. The van der Waals surface area contributed by atoms with Crippen molar-refractivity contribution in [1.82, 2.24) is 15.2 Å². The molecule has 0 saturated carbocycles. The van der Waals surface area contributed by atoms with Crippen LogP contribution in [0.1, 0.15) is 29.0 Å². The largest absolute Gasteiger partial charge is 0.337 e. The molecular weight excluding hydrogens is 297 g/mol. The number of pyridine rings is 1. The molecule has 6 heteroatoms. The highest BCUT2D eigenvalue weighted by molar-refractivity contribution is 5.92. The predicted octanol–water partition coefficient (Wildman–Crippen LogP) is 2.06. The second-order valence-corrected chi connectivity index (χ2v) is 5.57. The molecule has 1 unspecified atom stereocenters. The summed E-state index contributed by atoms with van der Waals surface area (Å²) in [5.41, 5.74) is 1.81. The summed E-state index contributed by atoms with van der Waals surface area (Å²) in [6, 6.07) is 5.63. The number of rotatable bonds is 1. The van der Waals surface area contributed by atoms with Crippen molar-refractivity contribution < 1.29 is 4.79 Å². The van der Waals surface area contributed by atoms with Crippen LogP contribution < -0.4 is 5.32 Å². The third kappa shape index (κ3) is 3.25. The molecule has 2 fully saturated rings. The topological polar surface area (TPSA) is 45.2 Å². The smallest absolute Gasteiger partial charge is 0.272 e. The zero-order valence-corrected chi connectivity index (χ0v) is 13.2. The molecule has 3 rings (SSSR count). The molecule has 0 aliphatic carbocycles. The number of hydrogen-bond acceptors (Lipinski definition) is 3. The Morgan fingerprint density at radius 3 is 2.80 bits per heavy atom. The lowest BCUT2D eigenvalue weighted by atomic mass is 9.87. The first-order chi connectivity index (χ1) is 8.69. The van der Waals surface area contributed by atoms with Gasteiger partial charge in [0.05, 0.1) is 0 Å². The first-order valence-electron chi connectivity index (χ1n) is 6.62. The maximum atomic E-state index is 12.4. The second-order valence-electron chi connectivity index (χ2n) is 5.57. The first-order valence-corrected chi connectivity index (χ1v) is 6.62. The summed E-state index contributed by atoms with van der Waals surface area (Å²) in [6.07, 6.45) is 2.32. The minimum absolute atomic E-state index is 0. The molecule has 20 heavy (non-hydrogen) atoms. The van der Waals surface area contributed by atoms with Gasteiger partial charge in [0.15, 0.2) is 0 Å². The van der Waals surface area contributed by atoms with Crippen molar-refractivity contribution in [1.29, 1.82) is 0 Å². The fraction of sp³-hybridized carbons (Fsp3) is 0.571. The van der Waals surface area contributed by atoms with Gasteiger partial charge in [0.25, 0.3) is 5.91 Å². The van der Waals surface area contributed by atoms with Gasteiger partial charge in [0.1, 0.15) is 5.69 Å². The zero-order chi connectivity index (χ0) is 12.6. The van der Waals surface area contributed by atoms with E-state index < -0.39 is 0 Å². The Kier molecular flexibility index (Phi) is 5.80. The van der Waals surface area contributed by atoms with E-state index in [2.05, 4.69) is 10.3 Å². The Balaban J connectivity index is 0.000001000. The molecule has 1 amide bonds. The van der Waals surface area contributed by atoms with E-state index in [4.69, 9.17) is 0 Å². The number of nitrogens with one attached hydrogen (secondary N) is 1. The van der Waals surface area contributed by atoms with Gasteiger partial charge in [0, 0.05) is 30.7 Å². The molecule has 1 N–H and O–H groups in total. The van der Waals surface area contributed by atoms with E-state index in [-0.39, 0.29) is 30.7 Å². The molecule has 0 bridgehead atoms. The van der Waals surface area contributed by atoms with Crippen LogP contribution in [0.3, 0.4) is 0 Å². The van der Waals surface area contributed by atoms with E-state index in [1.165, 1.54) is 6.42 Å². The summed E-state index contributed by atoms with van der Waals surface area (Å²) in [5, 5.41) is 3.41. The molecule has 3 heterocycles. The van der Waals surface area contributed by atoms with Crippen LogP contribution in [0.5, 0.6) is 0 Å². The number of amides is 1. The monoisotopic (exact) mass is 317 g/mol. The van der Waals surface area contributed by atoms with Gasteiger partial charge in [-0.15, -0.1) is 24.8 Å². The van der Waals surface area contributed by atoms with Crippen LogP contribution in [0.25, 0.3) is 0 Å². The highest BCUT2D eigenvalue weighted by Gasteiger charge is 2.42. The Hall–Kier alpha value is -0.840. The van der Waals surface area contributed by atoms with Crippen molar-refractivity contribution in [2.24, 2.45) is 5.41 Å². The van der Waals surface area contributed by atoms with Crippen LogP contribution in [0.15, 0.2) is 18.2 Å². The fourth-order valence-electron chi connectivity index (χ4n) is 3.08. The predicted molar refractivity (Wildman–Crippen MR) is 83.9 cm³/mol. The summed E-state index contributed by atoms with van der Waals surface area (Å²) < 4.78 is 0. The van der Waals surface area contributed by atoms with Crippen molar-refractivity contribution in [3.63, 3.8) is 0 Å². The van der Waals surface area contributed by atoms with Crippen LogP contribution >= 0.6 is 24.8 Å². The summed E-state index contributed by atoms with van der Waals surface area (Å²) >= 11 is 0. The quantitative estimate of drug-likeness (QED) is 0.862. The van der Waals surface area contributed by atoms with Crippen molar-refractivity contribution >= 4 is 30.7 Å². The van der Waals surface area contributed by atoms with E-state index in [0.717, 1.165) is 38.3 Å². The molecule has 1 atom stereocenters. The van der Waals surface area contributed by atoms with Crippen LogP contribution in [0.2, 0.25) is 0 Å². The summed E-state index contributed by atoms with van der Waals surface area (Å²) in [5.74, 6) is 0.0856. The van der Waals surface area contributed by atoms with Gasteiger partial charge in [-0.2, -0.15) is 0 Å². The number of likely N-dealkylation sites (tertiary alicyclic amines) is 1. The van der Waals surface area contributed by atoms with Crippen LogP contribution in [-0.4, -0.2) is 42.0 Å². The van der Waals surface area contributed by atoms with Gasteiger partial charge < -0.3 is 10.2 Å². The maximum Gasteiger partial charge on any atom is 0.272 e. The third-order valence-corrected chi connectivity index (χ3v) is 4.17. The summed E-state index contributed by atoms with van der Waals surface area (Å²) in [4.78, 5) is 18.7. The highest BCUT2D eigenvalue weighted by Crippen LogP contribution is 2.36. The van der Waals surface area contributed by atoms with Gasteiger partial charge in [-0.3, -0.25) is 4.79 Å². The Bertz CT molecular complexity index is 475. The number of nitrogens with zero attached hydrogens (tertiary/aromatic N) is 2. The van der Waals surface area contributed by atoms with E-state index in [1.54, 1.807) is 0 Å². The SMILES string of the molecule is Cc1cccc(C(=O)N2CCC3(CCNC3)C2)n1.Cl.Cl. The Morgan fingerprint density at radius 2 is 2.15 bits per heavy atom. The van der Waals surface area contributed by atoms with Crippen molar-refractivity contribution in [2.45, 2.75) is 19.8 Å². The van der Waals surface area contributed by atoms with Crippen molar-refractivity contribution in [2.75, 3.05) is 26.2 Å². The maximum absolute atomic E-state index is 12.4. The van der Waals surface area contributed by atoms with Crippen LogP contribution in [0.4, 0.5) is 0 Å². The van der Waals surface area contributed by atoms with Gasteiger partial charge >= 0.3 is 0 Å². The molecule has 2 aliphatic heterocycles. The number of aromatic nitrogens is 1. The normalized spacial score (nSPS) is 24.4. The fourth-order valence-corrected chi connectivity index (χ4v) is 3.08. The number of carbonyl (C=O) groups is 1. The molecule has 0 aromatic carbocycles. The number of hydrogen-bond donors (Lipinski definition) is 1. The lowest BCUT2D eigenvalue weighted by molar-refractivity contribution is 0.0769. The molecule has 2 saturated heterocycles. The van der Waals surface area contributed by atoms with Gasteiger partial charge in [-0.05, 0) is 38.4 Å². The average Bonchev–Trinajstić information content (AvgIpc) is 3.00. The third-order valence-electron chi connectivity index (χ3n) is 4.17. The lowest BCUT2D eigenvalue weighted by Gasteiger charge is -2.22. The first kappa shape index (κ1) is 17.2. The summed E-state index contributed by atoms with van der Waals surface area (Å²) in [7, 11) is 0. The van der Waals surface area contributed by atoms with E-state index in [0.29, 0.717) is 11.1 Å². The molecular formula is C14H21Cl2N3O. The van der Waals surface area contributed by atoms with Crippen LogP contribution in [-0.2, 0) is 0 Å². The van der Waals surface area contributed by atoms with Crippen molar-refractivity contribution in [3.8, 4) is 0 Å². The van der Waals surface area contributed by atoms with Gasteiger partial charge in [-0.25, -0.2) is 4.98 Å². The van der Waals surface area contributed by atoms with E-state index >= 15 is 0 Å². The molecule has 0 radical (unpaired) electrons. The average molecular weight is 318 g/mol. The number of aryl methyl sites for hydroxylation is 1. The van der Waals surface area contributed by atoms with Crippen molar-refractivity contribution in [3.05, 3.63) is 29.6 Å². The molecule has 112 valence electrons. The molecule has 1 aromatic heterocycles. The van der Waals surface area contributed by atoms with Gasteiger partial charge in [0.2, 0.25) is 0 Å². The second kappa shape index (κ2) is 6.74. The number of carbonyl (C=O) groups excluding carboxylic acids is 1. The Morgan fingerprint density at radius 1 is 1.35 bits per heavy atom. The molecule has 4 nitrogen and oxygen atoms in total. The van der Waals surface area contributed by atoms with Gasteiger partial charge in [-0.1, -0.05) is 6.07 Å². The molecule has 1 spiro atoms. The minimum atomic E-state index is 0. The zero-order valence-electron chi connectivity index (χ0n) is 11.6. The Labute approximate surface area is 132 Å². The lowest BCUT2D eigenvalue weighted by Crippen LogP contribution is -2.33. The number of halogens is 2.